The SMILES string of the molecule is CC(C)(C)c1ccc2c3ccc(C(C)(C)C)cc3n(-c3cc(-c4c(F)c(F)c(F)c(F)c4F)cc(-n4c5cc(C(C)(C)C)ccc5c5ccc(C(C)(C)C)cc54)c3C(F)(F)F)c2c1. The molecule has 0 aliphatic carbocycles. The van der Waals surface area contributed by atoms with Gasteiger partial charge in [0.1, 0.15) is 5.56 Å². The van der Waals surface area contributed by atoms with Gasteiger partial charge in [0.05, 0.1) is 39.0 Å². The van der Waals surface area contributed by atoms with Gasteiger partial charge in [-0.1, -0.05) is 132 Å². The van der Waals surface area contributed by atoms with Crippen molar-refractivity contribution in [1.29, 1.82) is 0 Å². The summed E-state index contributed by atoms with van der Waals surface area (Å²) in [5.74, 6) is -11.1. The Balaban J connectivity index is 1.69. The third-order valence-electron chi connectivity index (χ3n) is 12.4. The van der Waals surface area contributed by atoms with Crippen LogP contribution in [0.5, 0.6) is 0 Å². The lowest BCUT2D eigenvalue weighted by molar-refractivity contribution is -0.137. The van der Waals surface area contributed by atoms with Crippen molar-refractivity contribution in [3.8, 4) is 22.5 Å². The molecule has 8 aromatic rings. The van der Waals surface area contributed by atoms with Gasteiger partial charge in [-0.25, -0.2) is 22.0 Å². The average Bonchev–Trinajstić information content (AvgIpc) is 3.68. The van der Waals surface area contributed by atoms with Crippen molar-refractivity contribution in [2.24, 2.45) is 0 Å². The molecule has 6 aromatic carbocycles. The number of alkyl halides is 3. The quantitative estimate of drug-likeness (QED) is 0.0951. The Morgan fingerprint density at radius 1 is 0.349 bits per heavy atom. The minimum Gasteiger partial charge on any atom is -0.309 e. The number of hydrogen-bond acceptors (Lipinski definition) is 0. The molecule has 328 valence electrons. The molecular weight excluding hydrogens is 817 g/mol. The lowest BCUT2D eigenvalue weighted by Crippen LogP contribution is -2.17. The van der Waals surface area contributed by atoms with Crippen molar-refractivity contribution >= 4 is 43.6 Å². The molecule has 0 saturated heterocycles. The van der Waals surface area contributed by atoms with Crippen LogP contribution in [0.25, 0.3) is 66.1 Å². The maximum Gasteiger partial charge on any atom is 0.420 e. The summed E-state index contributed by atoms with van der Waals surface area (Å²) in [6.45, 7) is 23.7. The largest absolute Gasteiger partial charge is 0.420 e. The molecule has 63 heavy (non-hydrogen) atoms. The van der Waals surface area contributed by atoms with Gasteiger partial charge >= 0.3 is 6.18 Å². The van der Waals surface area contributed by atoms with E-state index in [0.29, 0.717) is 43.6 Å². The molecule has 0 aliphatic heterocycles. The molecule has 0 aliphatic rings. The predicted molar refractivity (Wildman–Crippen MR) is 240 cm³/mol. The summed E-state index contributed by atoms with van der Waals surface area (Å²) in [5, 5.41) is 2.43. The van der Waals surface area contributed by atoms with Crippen molar-refractivity contribution < 1.29 is 35.1 Å². The minimum atomic E-state index is -5.15. The van der Waals surface area contributed by atoms with Crippen LogP contribution in [0.3, 0.4) is 0 Å². The van der Waals surface area contributed by atoms with E-state index in [9.17, 15) is 4.39 Å². The number of halogens is 8. The van der Waals surface area contributed by atoms with Gasteiger partial charge in [-0.2, -0.15) is 13.2 Å². The first-order chi connectivity index (χ1) is 29.0. The summed E-state index contributed by atoms with van der Waals surface area (Å²) in [6.07, 6.45) is -5.15. The predicted octanol–water partition coefficient (Wildman–Crippen LogP) is 16.5. The molecule has 0 atom stereocenters. The molecule has 2 aromatic heterocycles. The maximum atomic E-state index is 16.7. The average molecular weight is 867 g/mol. The third kappa shape index (κ3) is 7.17. The first-order valence-electron chi connectivity index (χ1n) is 21.0. The fourth-order valence-electron chi connectivity index (χ4n) is 8.68. The zero-order valence-electron chi connectivity index (χ0n) is 37.5. The van der Waals surface area contributed by atoms with Gasteiger partial charge in [-0.3, -0.25) is 0 Å². The number of benzene rings is 6. The molecular formula is C53H50F8N2. The van der Waals surface area contributed by atoms with Crippen molar-refractivity contribution in [2.45, 2.75) is 111 Å². The number of aromatic nitrogens is 2. The zero-order chi connectivity index (χ0) is 46.3. The van der Waals surface area contributed by atoms with Crippen LogP contribution in [0.15, 0.2) is 84.9 Å². The second kappa shape index (κ2) is 14.2. The summed E-state index contributed by atoms with van der Waals surface area (Å²) >= 11 is 0. The lowest BCUT2D eigenvalue weighted by atomic mass is 9.86. The molecule has 0 unspecified atom stereocenters. The smallest absolute Gasteiger partial charge is 0.309 e. The van der Waals surface area contributed by atoms with Crippen LogP contribution in [0.2, 0.25) is 0 Å². The van der Waals surface area contributed by atoms with Crippen LogP contribution in [-0.4, -0.2) is 9.13 Å². The second-order valence-electron chi connectivity index (χ2n) is 20.9. The molecule has 0 amide bonds. The van der Waals surface area contributed by atoms with E-state index in [1.165, 1.54) is 9.13 Å². The van der Waals surface area contributed by atoms with Crippen molar-refractivity contribution in [2.75, 3.05) is 0 Å². The monoisotopic (exact) mass is 866 g/mol. The highest BCUT2D eigenvalue weighted by Crippen LogP contribution is 2.48. The summed E-state index contributed by atoms with van der Waals surface area (Å²) in [5.41, 5.74) is -1.44. The molecule has 0 N–H and O–H groups in total. The van der Waals surface area contributed by atoms with Gasteiger partial charge in [0, 0.05) is 21.5 Å². The van der Waals surface area contributed by atoms with E-state index in [1.54, 1.807) is 0 Å². The highest BCUT2D eigenvalue weighted by atomic mass is 19.4. The zero-order valence-corrected chi connectivity index (χ0v) is 37.5. The van der Waals surface area contributed by atoms with Crippen LogP contribution in [0.4, 0.5) is 35.1 Å². The number of rotatable bonds is 3. The molecule has 0 radical (unpaired) electrons. The van der Waals surface area contributed by atoms with Crippen LogP contribution < -0.4 is 0 Å². The third-order valence-corrected chi connectivity index (χ3v) is 12.4. The molecule has 2 nitrogen and oxygen atoms in total. The lowest BCUT2D eigenvalue weighted by Gasteiger charge is -2.25. The van der Waals surface area contributed by atoms with Crippen LogP contribution in [0.1, 0.15) is 111 Å². The van der Waals surface area contributed by atoms with Crippen molar-refractivity contribution in [1.82, 2.24) is 9.13 Å². The maximum absolute atomic E-state index is 16.7. The normalized spacial score (nSPS) is 13.4. The molecule has 0 fully saturated rings. The second-order valence-corrected chi connectivity index (χ2v) is 20.9. The van der Waals surface area contributed by atoms with Gasteiger partial charge < -0.3 is 9.13 Å². The summed E-state index contributed by atoms with van der Waals surface area (Å²) in [4.78, 5) is 0. The molecule has 10 heteroatoms. The Morgan fingerprint density at radius 2 is 0.603 bits per heavy atom. The van der Waals surface area contributed by atoms with Gasteiger partial charge in [0.25, 0.3) is 0 Å². The van der Waals surface area contributed by atoms with Gasteiger partial charge in [-0.05, 0) is 85.9 Å². The minimum absolute atomic E-state index is 0.363. The summed E-state index contributed by atoms with van der Waals surface area (Å²) in [6, 6.07) is 24.1. The van der Waals surface area contributed by atoms with Crippen molar-refractivity contribution in [3.05, 3.63) is 142 Å². The van der Waals surface area contributed by atoms with Crippen LogP contribution >= 0.6 is 0 Å². The van der Waals surface area contributed by atoms with E-state index in [0.717, 1.165) is 34.4 Å². The summed E-state index contributed by atoms with van der Waals surface area (Å²) in [7, 11) is 0. The number of fused-ring (bicyclic) bond motifs is 6. The molecule has 8 rings (SSSR count). The topological polar surface area (TPSA) is 9.86 Å². The van der Waals surface area contributed by atoms with Gasteiger partial charge in [-0.15, -0.1) is 0 Å². The Morgan fingerprint density at radius 3 is 0.841 bits per heavy atom. The van der Waals surface area contributed by atoms with Gasteiger partial charge in [0.15, 0.2) is 23.3 Å². The van der Waals surface area contributed by atoms with Crippen LogP contribution in [-0.2, 0) is 27.8 Å². The fraction of sp³-hybridized carbons (Fsp3) is 0.321. The van der Waals surface area contributed by atoms with Crippen LogP contribution in [0, 0.1) is 29.1 Å². The highest BCUT2D eigenvalue weighted by Gasteiger charge is 2.41. The molecule has 0 bridgehead atoms. The van der Waals surface area contributed by atoms with E-state index in [-0.39, 0.29) is 0 Å². The van der Waals surface area contributed by atoms with Gasteiger partial charge in [0.2, 0.25) is 5.82 Å². The molecule has 0 spiro atoms. The van der Waals surface area contributed by atoms with E-state index < -0.39 is 85.0 Å². The van der Waals surface area contributed by atoms with E-state index in [4.69, 9.17) is 0 Å². The Hall–Kier alpha value is -5.64. The number of nitrogens with zero attached hydrogens (tertiary/aromatic N) is 2. The molecule has 2 heterocycles. The Bertz CT molecular complexity index is 2850. The first kappa shape index (κ1) is 44.0. The highest BCUT2D eigenvalue weighted by molar-refractivity contribution is 6.11. The van der Waals surface area contributed by atoms with E-state index in [2.05, 4.69) is 0 Å². The number of hydrogen-bond donors (Lipinski definition) is 0. The standard InChI is InChI=1S/C53H50F8N2/c1-49(2,3)28-13-17-32-33-18-14-29(50(4,5)6)24-37(33)62(36(32)23-28)40-21-27(42-44(54)46(56)48(58)47(57)45(42)55)22-41(43(40)53(59,60)61)63-38-25-30(51(7,8)9)15-19-34(38)35-20-16-31(26-39(35)63)52(10,11)12/h13-26H,1-12H3. The summed E-state index contributed by atoms with van der Waals surface area (Å²) < 4.78 is 130. The molecule has 0 saturated carbocycles. The van der Waals surface area contributed by atoms with E-state index >= 15 is 30.7 Å². The Labute approximate surface area is 362 Å². The Kier molecular flexibility index (Phi) is 9.90. The first-order valence-corrected chi connectivity index (χ1v) is 21.0. The fourth-order valence-corrected chi connectivity index (χ4v) is 8.68. The van der Waals surface area contributed by atoms with E-state index in [1.807, 2.05) is 156 Å². The van der Waals surface area contributed by atoms with Crippen molar-refractivity contribution in [3.63, 3.8) is 0 Å².